The summed E-state index contributed by atoms with van der Waals surface area (Å²) in [4.78, 5) is 12.9. The van der Waals surface area contributed by atoms with Crippen LogP contribution >= 0.6 is 11.3 Å². The fourth-order valence-electron chi connectivity index (χ4n) is 1.94. The van der Waals surface area contributed by atoms with Gasteiger partial charge in [0.15, 0.2) is 0 Å². The van der Waals surface area contributed by atoms with E-state index in [2.05, 4.69) is 29.8 Å². The van der Waals surface area contributed by atoms with Crippen LogP contribution < -0.4 is 5.32 Å². The summed E-state index contributed by atoms with van der Waals surface area (Å²) in [6, 6.07) is 6.08. The van der Waals surface area contributed by atoms with Gasteiger partial charge in [-0.1, -0.05) is 6.07 Å². The molecule has 0 spiro atoms. The van der Waals surface area contributed by atoms with Crippen LogP contribution in [0.5, 0.6) is 0 Å². The molecule has 2 aromatic rings. The van der Waals surface area contributed by atoms with Gasteiger partial charge in [0.1, 0.15) is 0 Å². The van der Waals surface area contributed by atoms with Crippen LogP contribution in [0.1, 0.15) is 21.8 Å². The molecule has 2 rings (SSSR count). The number of carbonyl (C=O) groups excluding carboxylic acids is 1. The molecule has 0 aliphatic carbocycles. The Labute approximate surface area is 111 Å². The van der Waals surface area contributed by atoms with Gasteiger partial charge in [-0.05, 0) is 36.9 Å². The zero-order valence-corrected chi connectivity index (χ0v) is 11.8. The second kappa shape index (κ2) is 5.40. The number of thiophene rings is 1. The van der Waals surface area contributed by atoms with Crippen molar-refractivity contribution in [2.24, 2.45) is 7.05 Å². The number of aromatic nitrogens is 1. The van der Waals surface area contributed by atoms with Crippen LogP contribution in [0.3, 0.4) is 0 Å². The van der Waals surface area contributed by atoms with E-state index in [1.54, 1.807) is 11.3 Å². The molecular formula is C14H18N2OS. The lowest BCUT2D eigenvalue weighted by atomic mass is 10.2. The zero-order chi connectivity index (χ0) is 13.1. The second-order valence-electron chi connectivity index (χ2n) is 4.49. The van der Waals surface area contributed by atoms with Crippen molar-refractivity contribution in [3.05, 3.63) is 45.4 Å². The van der Waals surface area contributed by atoms with Gasteiger partial charge >= 0.3 is 0 Å². The molecule has 96 valence electrons. The van der Waals surface area contributed by atoms with Crippen molar-refractivity contribution in [2.45, 2.75) is 26.8 Å². The van der Waals surface area contributed by atoms with Gasteiger partial charge in [-0.25, -0.2) is 0 Å². The lowest BCUT2D eigenvalue weighted by Crippen LogP contribution is -2.24. The predicted octanol–water partition coefficient (Wildman–Crippen LogP) is 2.56. The maximum Gasteiger partial charge on any atom is 0.225 e. The Hall–Kier alpha value is -1.55. The molecule has 2 aromatic heterocycles. The van der Waals surface area contributed by atoms with E-state index in [9.17, 15) is 4.79 Å². The monoisotopic (exact) mass is 262 g/mol. The van der Waals surface area contributed by atoms with Crippen molar-refractivity contribution < 1.29 is 4.79 Å². The van der Waals surface area contributed by atoms with Crippen molar-refractivity contribution >= 4 is 17.2 Å². The summed E-state index contributed by atoms with van der Waals surface area (Å²) in [5.41, 5.74) is 3.62. The van der Waals surface area contributed by atoms with E-state index < -0.39 is 0 Å². The molecule has 0 radical (unpaired) electrons. The summed E-state index contributed by atoms with van der Waals surface area (Å²) in [6.45, 7) is 4.76. The summed E-state index contributed by atoms with van der Waals surface area (Å²) in [5, 5.41) is 4.97. The minimum atomic E-state index is 0.0818. The van der Waals surface area contributed by atoms with Gasteiger partial charge in [0, 0.05) is 29.9 Å². The molecule has 4 heteroatoms. The summed E-state index contributed by atoms with van der Waals surface area (Å²) in [7, 11) is 2.04. The van der Waals surface area contributed by atoms with Gasteiger partial charge in [0.25, 0.3) is 0 Å². The summed E-state index contributed by atoms with van der Waals surface area (Å²) >= 11 is 1.62. The van der Waals surface area contributed by atoms with Crippen molar-refractivity contribution in [1.29, 1.82) is 0 Å². The first-order chi connectivity index (χ1) is 8.58. The molecule has 0 unspecified atom stereocenters. The molecule has 18 heavy (non-hydrogen) atoms. The van der Waals surface area contributed by atoms with Crippen molar-refractivity contribution in [1.82, 2.24) is 9.88 Å². The zero-order valence-electron chi connectivity index (χ0n) is 11.0. The first kappa shape index (κ1) is 12.9. The van der Waals surface area contributed by atoms with E-state index in [4.69, 9.17) is 0 Å². The fourth-order valence-corrected chi connectivity index (χ4v) is 2.64. The van der Waals surface area contributed by atoms with Crippen LogP contribution in [-0.4, -0.2) is 10.5 Å². The van der Waals surface area contributed by atoms with Crippen LogP contribution in [0.15, 0.2) is 23.6 Å². The molecular weight excluding hydrogens is 244 g/mol. The normalized spacial score (nSPS) is 10.6. The maximum absolute atomic E-state index is 11.8. The Bertz CT molecular complexity index is 540. The van der Waals surface area contributed by atoms with Gasteiger partial charge in [-0.15, -0.1) is 11.3 Å². The van der Waals surface area contributed by atoms with E-state index in [1.807, 2.05) is 24.6 Å². The van der Waals surface area contributed by atoms with Gasteiger partial charge in [-0.2, -0.15) is 0 Å². The largest absolute Gasteiger partial charge is 0.352 e. The van der Waals surface area contributed by atoms with Crippen LogP contribution in [0.2, 0.25) is 0 Å². The van der Waals surface area contributed by atoms with Crippen LogP contribution in [0.4, 0.5) is 0 Å². The number of carbonyl (C=O) groups is 1. The molecule has 0 aliphatic heterocycles. The van der Waals surface area contributed by atoms with E-state index in [0.717, 1.165) is 4.88 Å². The molecule has 0 aromatic carbocycles. The third kappa shape index (κ3) is 2.82. The molecule has 1 amide bonds. The Kier molecular flexibility index (Phi) is 3.87. The molecule has 0 saturated heterocycles. The molecule has 0 bridgehead atoms. The van der Waals surface area contributed by atoms with Crippen molar-refractivity contribution in [3.63, 3.8) is 0 Å². The Morgan fingerprint density at radius 3 is 2.78 bits per heavy atom. The van der Waals surface area contributed by atoms with Gasteiger partial charge in [0.05, 0.1) is 6.42 Å². The number of aryl methyl sites for hydroxylation is 1. The molecule has 0 fully saturated rings. The molecule has 3 nitrogen and oxygen atoms in total. The second-order valence-corrected chi connectivity index (χ2v) is 5.52. The summed E-state index contributed by atoms with van der Waals surface area (Å²) < 4.78 is 2.14. The highest BCUT2D eigenvalue weighted by atomic mass is 32.1. The molecule has 0 atom stereocenters. The third-order valence-electron chi connectivity index (χ3n) is 3.27. The Balaban J connectivity index is 1.91. The summed E-state index contributed by atoms with van der Waals surface area (Å²) in [6.07, 6.45) is 0.475. The maximum atomic E-state index is 11.8. The average molecular weight is 262 g/mol. The lowest BCUT2D eigenvalue weighted by Gasteiger charge is -2.05. The fraction of sp³-hybridized carbons (Fsp3) is 0.357. The lowest BCUT2D eigenvalue weighted by molar-refractivity contribution is -0.120. The van der Waals surface area contributed by atoms with E-state index in [0.29, 0.717) is 13.0 Å². The van der Waals surface area contributed by atoms with Gasteiger partial charge < -0.3 is 9.88 Å². The number of hydrogen-bond acceptors (Lipinski definition) is 2. The van der Waals surface area contributed by atoms with E-state index >= 15 is 0 Å². The summed E-state index contributed by atoms with van der Waals surface area (Å²) in [5.74, 6) is 0.0818. The Morgan fingerprint density at radius 1 is 1.44 bits per heavy atom. The predicted molar refractivity (Wildman–Crippen MR) is 74.8 cm³/mol. The first-order valence-electron chi connectivity index (χ1n) is 5.99. The number of rotatable bonds is 4. The minimum absolute atomic E-state index is 0.0818. The van der Waals surface area contributed by atoms with Crippen LogP contribution in [0, 0.1) is 13.8 Å². The molecule has 1 N–H and O–H groups in total. The number of hydrogen-bond donors (Lipinski definition) is 1. The highest BCUT2D eigenvalue weighted by Crippen LogP contribution is 2.13. The topological polar surface area (TPSA) is 34.0 Å². The highest BCUT2D eigenvalue weighted by molar-refractivity contribution is 7.10. The average Bonchev–Trinajstić information content (AvgIpc) is 2.92. The number of amides is 1. The standard InChI is InChI=1S/C14H18N2OS/c1-10-7-12(11(2)16(10)3)9-15-14(17)8-13-5-4-6-18-13/h4-7H,8-9H2,1-3H3,(H,15,17). The SMILES string of the molecule is Cc1cc(CNC(=O)Cc2cccs2)c(C)n1C. The number of nitrogens with zero attached hydrogens (tertiary/aromatic N) is 1. The first-order valence-corrected chi connectivity index (χ1v) is 6.86. The molecule has 0 aliphatic rings. The van der Waals surface area contributed by atoms with Gasteiger partial charge in [-0.3, -0.25) is 4.79 Å². The van der Waals surface area contributed by atoms with Gasteiger partial charge in [0.2, 0.25) is 5.91 Å². The highest BCUT2D eigenvalue weighted by Gasteiger charge is 2.08. The van der Waals surface area contributed by atoms with Crippen molar-refractivity contribution in [3.8, 4) is 0 Å². The van der Waals surface area contributed by atoms with Crippen molar-refractivity contribution in [2.75, 3.05) is 0 Å². The van der Waals surface area contributed by atoms with Crippen LogP contribution in [-0.2, 0) is 24.8 Å². The molecule has 2 heterocycles. The van der Waals surface area contributed by atoms with Crippen LogP contribution in [0.25, 0.3) is 0 Å². The Morgan fingerprint density at radius 2 is 2.22 bits per heavy atom. The van der Waals surface area contributed by atoms with E-state index in [1.165, 1.54) is 17.0 Å². The van der Waals surface area contributed by atoms with E-state index in [-0.39, 0.29) is 5.91 Å². The minimum Gasteiger partial charge on any atom is -0.352 e. The third-order valence-corrected chi connectivity index (χ3v) is 4.15. The number of nitrogens with one attached hydrogen (secondary N) is 1. The quantitative estimate of drug-likeness (QED) is 0.902. The smallest absolute Gasteiger partial charge is 0.225 e. The molecule has 0 saturated carbocycles.